The number of hydrogen-bond acceptors (Lipinski definition) is 3. The van der Waals surface area contributed by atoms with Crippen LogP contribution in [0, 0.1) is 11.3 Å². The fraction of sp³-hybridized carbons (Fsp3) is 0.235. The van der Waals surface area contributed by atoms with Crippen molar-refractivity contribution >= 4 is 0 Å². The van der Waals surface area contributed by atoms with Crippen LogP contribution in [-0.2, 0) is 6.61 Å². The van der Waals surface area contributed by atoms with Gasteiger partial charge in [-0.25, -0.2) is 0 Å². The average Bonchev–Trinajstić information content (AvgIpc) is 2.53. The molecule has 2 aromatic rings. The second kappa shape index (κ2) is 6.74. The molecule has 3 heteroatoms. The van der Waals surface area contributed by atoms with E-state index in [2.05, 4.69) is 13.0 Å². The third-order valence-corrected chi connectivity index (χ3v) is 3.24. The van der Waals surface area contributed by atoms with Crippen molar-refractivity contribution in [2.45, 2.75) is 26.0 Å². The Balaban J connectivity index is 1.95. The Morgan fingerprint density at radius 3 is 2.30 bits per heavy atom. The first kappa shape index (κ1) is 14.1. The summed E-state index contributed by atoms with van der Waals surface area (Å²) in [5.74, 6) is 0.821. The molecule has 0 aromatic heterocycles. The molecule has 0 heterocycles. The Labute approximate surface area is 119 Å². The third-order valence-electron chi connectivity index (χ3n) is 3.24. The Morgan fingerprint density at radius 1 is 1.10 bits per heavy atom. The van der Waals surface area contributed by atoms with E-state index in [-0.39, 0.29) is 6.04 Å². The first-order chi connectivity index (χ1) is 9.72. The summed E-state index contributed by atoms with van der Waals surface area (Å²) in [6.45, 7) is 2.56. The molecule has 102 valence electrons. The molecule has 2 rings (SSSR count). The van der Waals surface area contributed by atoms with Crippen molar-refractivity contribution in [2.75, 3.05) is 0 Å². The molecule has 2 aromatic carbocycles. The number of nitrogens with two attached hydrogens (primary N) is 1. The molecule has 0 aliphatic heterocycles. The van der Waals surface area contributed by atoms with Crippen LogP contribution in [0.25, 0.3) is 0 Å². The van der Waals surface area contributed by atoms with E-state index >= 15 is 0 Å². The molecule has 2 N–H and O–H groups in total. The van der Waals surface area contributed by atoms with Crippen LogP contribution in [0.2, 0.25) is 0 Å². The summed E-state index contributed by atoms with van der Waals surface area (Å²) in [5.41, 5.74) is 8.79. The van der Waals surface area contributed by atoms with E-state index in [0.717, 1.165) is 23.3 Å². The Kier molecular flexibility index (Phi) is 4.75. The second-order valence-electron chi connectivity index (χ2n) is 4.68. The molecule has 0 spiro atoms. The zero-order valence-electron chi connectivity index (χ0n) is 11.5. The topological polar surface area (TPSA) is 59.0 Å². The molecule has 0 saturated heterocycles. The third kappa shape index (κ3) is 3.59. The molecule has 3 nitrogen and oxygen atoms in total. The first-order valence-electron chi connectivity index (χ1n) is 6.70. The first-order valence-corrected chi connectivity index (χ1v) is 6.70. The van der Waals surface area contributed by atoms with Gasteiger partial charge in [0.1, 0.15) is 12.4 Å². The molecule has 0 bridgehead atoms. The number of nitrogens with zero attached hydrogens (tertiary/aromatic N) is 1. The summed E-state index contributed by atoms with van der Waals surface area (Å²) in [7, 11) is 0. The smallest absolute Gasteiger partial charge is 0.119 e. The minimum Gasteiger partial charge on any atom is -0.489 e. The van der Waals surface area contributed by atoms with Gasteiger partial charge in [0.25, 0.3) is 0 Å². The highest BCUT2D eigenvalue weighted by Crippen LogP contribution is 2.19. The maximum atomic E-state index is 8.74. The van der Waals surface area contributed by atoms with E-state index < -0.39 is 0 Å². The van der Waals surface area contributed by atoms with E-state index in [0.29, 0.717) is 12.2 Å². The molecule has 0 aliphatic carbocycles. The van der Waals surface area contributed by atoms with E-state index in [4.69, 9.17) is 15.7 Å². The number of nitriles is 1. The average molecular weight is 266 g/mol. The Bertz CT molecular complexity index is 582. The standard InChI is InChI=1S/C17H18N2O/c1-2-17(19)15-7-9-16(10-8-15)20-12-14-5-3-13(11-18)4-6-14/h3-10,17H,2,12,19H2,1H3/t17-/m1/s1. The normalized spacial score (nSPS) is 11.7. The lowest BCUT2D eigenvalue weighted by molar-refractivity contribution is 0.306. The van der Waals surface area contributed by atoms with Crippen LogP contribution in [-0.4, -0.2) is 0 Å². The van der Waals surface area contributed by atoms with Gasteiger partial charge in [-0.1, -0.05) is 31.2 Å². The van der Waals surface area contributed by atoms with Gasteiger partial charge in [0.05, 0.1) is 11.6 Å². The number of rotatable bonds is 5. The van der Waals surface area contributed by atoms with Gasteiger partial charge >= 0.3 is 0 Å². The van der Waals surface area contributed by atoms with Gasteiger partial charge in [-0.2, -0.15) is 5.26 Å². The summed E-state index contributed by atoms with van der Waals surface area (Å²) in [6.07, 6.45) is 0.922. The predicted molar refractivity (Wildman–Crippen MR) is 79.2 cm³/mol. The van der Waals surface area contributed by atoms with Crippen molar-refractivity contribution in [3.8, 4) is 11.8 Å². The van der Waals surface area contributed by atoms with Gasteiger partial charge in [-0.3, -0.25) is 0 Å². The van der Waals surface area contributed by atoms with E-state index in [1.54, 1.807) is 12.1 Å². The lowest BCUT2D eigenvalue weighted by atomic mass is 10.1. The molecule has 0 fully saturated rings. The summed E-state index contributed by atoms with van der Waals surface area (Å²) in [4.78, 5) is 0. The highest BCUT2D eigenvalue weighted by atomic mass is 16.5. The lowest BCUT2D eigenvalue weighted by Crippen LogP contribution is -2.08. The molecule has 0 saturated carbocycles. The maximum absolute atomic E-state index is 8.74. The van der Waals surface area contributed by atoms with Crippen LogP contribution in [0.3, 0.4) is 0 Å². The zero-order valence-corrected chi connectivity index (χ0v) is 11.5. The largest absolute Gasteiger partial charge is 0.489 e. The summed E-state index contributed by atoms with van der Waals surface area (Å²) < 4.78 is 5.71. The van der Waals surface area contributed by atoms with Gasteiger partial charge in [-0.05, 0) is 41.8 Å². The molecule has 20 heavy (non-hydrogen) atoms. The number of hydrogen-bond donors (Lipinski definition) is 1. The number of ether oxygens (including phenoxy) is 1. The van der Waals surface area contributed by atoms with Crippen molar-refractivity contribution in [2.24, 2.45) is 5.73 Å². The molecular formula is C17H18N2O. The Morgan fingerprint density at radius 2 is 1.75 bits per heavy atom. The predicted octanol–water partition coefficient (Wildman–Crippen LogP) is 3.55. The van der Waals surface area contributed by atoms with Crippen LogP contribution in [0.5, 0.6) is 5.75 Å². The van der Waals surface area contributed by atoms with Crippen LogP contribution >= 0.6 is 0 Å². The van der Waals surface area contributed by atoms with Crippen molar-refractivity contribution in [1.29, 1.82) is 5.26 Å². The van der Waals surface area contributed by atoms with Crippen LogP contribution in [0.15, 0.2) is 48.5 Å². The van der Waals surface area contributed by atoms with E-state index in [1.807, 2.05) is 36.4 Å². The summed E-state index contributed by atoms with van der Waals surface area (Å²) in [6, 6.07) is 17.5. The molecule has 0 amide bonds. The lowest BCUT2D eigenvalue weighted by Gasteiger charge is -2.11. The van der Waals surface area contributed by atoms with E-state index in [1.165, 1.54) is 0 Å². The van der Waals surface area contributed by atoms with Crippen molar-refractivity contribution < 1.29 is 4.74 Å². The second-order valence-corrected chi connectivity index (χ2v) is 4.68. The zero-order chi connectivity index (χ0) is 14.4. The van der Waals surface area contributed by atoms with Gasteiger partial charge in [0.15, 0.2) is 0 Å². The van der Waals surface area contributed by atoms with Gasteiger partial charge in [0, 0.05) is 6.04 Å². The fourth-order valence-electron chi connectivity index (χ4n) is 1.89. The van der Waals surface area contributed by atoms with Gasteiger partial charge in [0.2, 0.25) is 0 Å². The van der Waals surface area contributed by atoms with Crippen LogP contribution in [0.1, 0.15) is 36.1 Å². The summed E-state index contributed by atoms with van der Waals surface area (Å²) >= 11 is 0. The molecule has 1 atom stereocenters. The van der Waals surface area contributed by atoms with Crippen molar-refractivity contribution in [3.05, 3.63) is 65.2 Å². The van der Waals surface area contributed by atoms with Crippen LogP contribution < -0.4 is 10.5 Å². The fourth-order valence-corrected chi connectivity index (χ4v) is 1.89. The van der Waals surface area contributed by atoms with Gasteiger partial charge in [-0.15, -0.1) is 0 Å². The van der Waals surface area contributed by atoms with Crippen LogP contribution in [0.4, 0.5) is 0 Å². The minimum atomic E-state index is 0.0857. The number of benzene rings is 2. The maximum Gasteiger partial charge on any atom is 0.119 e. The Hall–Kier alpha value is -2.31. The molecular weight excluding hydrogens is 248 g/mol. The van der Waals surface area contributed by atoms with Gasteiger partial charge < -0.3 is 10.5 Å². The SMILES string of the molecule is CC[C@@H](N)c1ccc(OCc2ccc(C#N)cc2)cc1. The van der Waals surface area contributed by atoms with Crippen molar-refractivity contribution in [1.82, 2.24) is 0 Å². The van der Waals surface area contributed by atoms with Crippen molar-refractivity contribution in [3.63, 3.8) is 0 Å². The minimum absolute atomic E-state index is 0.0857. The highest BCUT2D eigenvalue weighted by molar-refractivity contribution is 5.32. The molecule has 0 aliphatic rings. The molecule has 0 unspecified atom stereocenters. The van der Waals surface area contributed by atoms with E-state index in [9.17, 15) is 0 Å². The monoisotopic (exact) mass is 266 g/mol. The summed E-state index contributed by atoms with van der Waals surface area (Å²) in [5, 5.41) is 8.74. The quantitative estimate of drug-likeness (QED) is 0.900. The molecule has 0 radical (unpaired) electrons. The highest BCUT2D eigenvalue weighted by Gasteiger charge is 2.03.